The van der Waals surface area contributed by atoms with Gasteiger partial charge in [-0.25, -0.2) is 4.99 Å². The molecule has 0 bridgehead atoms. The largest absolute Gasteiger partial charge is 0.493 e. The minimum Gasteiger partial charge on any atom is -0.493 e. The molecule has 3 rings (SSSR count). The van der Waals surface area contributed by atoms with Crippen LogP contribution in [-0.4, -0.2) is 43.6 Å². The van der Waals surface area contributed by atoms with Crippen LogP contribution in [-0.2, 0) is 13.2 Å². The number of ether oxygens (including phenoxy) is 2. The van der Waals surface area contributed by atoms with Gasteiger partial charge in [0.1, 0.15) is 6.61 Å². The van der Waals surface area contributed by atoms with Crippen LogP contribution in [0.5, 0.6) is 11.5 Å². The number of nitrogens with zero attached hydrogens (tertiary/aromatic N) is 2. The van der Waals surface area contributed by atoms with Gasteiger partial charge in [-0.2, -0.15) is 0 Å². The van der Waals surface area contributed by atoms with Crippen LogP contribution in [0.2, 0.25) is 0 Å². The van der Waals surface area contributed by atoms with Gasteiger partial charge in [0, 0.05) is 12.6 Å². The molecule has 3 N–H and O–H groups in total. The maximum Gasteiger partial charge on any atom is 0.188 e. The van der Waals surface area contributed by atoms with Crippen LogP contribution < -0.4 is 20.5 Å². The Kier molecular flexibility index (Phi) is 7.76. The SMILES string of the molecule is CCN1CCCC1CNC(N)=NCc1ccc(OCc2ccccc2)c(OC)c1. The summed E-state index contributed by atoms with van der Waals surface area (Å²) in [6.07, 6.45) is 2.48. The third kappa shape index (κ3) is 6.12. The number of rotatable bonds is 9. The van der Waals surface area contributed by atoms with Crippen LogP contribution in [0, 0.1) is 0 Å². The Hall–Kier alpha value is -2.73. The fourth-order valence-corrected chi connectivity index (χ4v) is 3.66. The minimum absolute atomic E-state index is 0.483. The Morgan fingerprint density at radius 3 is 2.76 bits per heavy atom. The summed E-state index contributed by atoms with van der Waals surface area (Å²) in [5.74, 6) is 1.90. The van der Waals surface area contributed by atoms with Gasteiger partial charge in [0.15, 0.2) is 17.5 Å². The van der Waals surface area contributed by atoms with Crippen molar-refractivity contribution in [3.05, 3.63) is 59.7 Å². The van der Waals surface area contributed by atoms with Gasteiger partial charge >= 0.3 is 0 Å². The van der Waals surface area contributed by atoms with Crippen molar-refractivity contribution in [1.29, 1.82) is 0 Å². The predicted octanol–water partition coefficient (Wildman–Crippen LogP) is 3.16. The molecule has 1 saturated heterocycles. The van der Waals surface area contributed by atoms with Crippen LogP contribution in [0.4, 0.5) is 0 Å². The van der Waals surface area contributed by atoms with Crippen molar-refractivity contribution in [3.8, 4) is 11.5 Å². The average Bonchev–Trinajstić information content (AvgIpc) is 3.23. The number of nitrogens with two attached hydrogens (primary N) is 1. The van der Waals surface area contributed by atoms with Gasteiger partial charge in [-0.3, -0.25) is 4.90 Å². The lowest BCUT2D eigenvalue weighted by atomic mass is 10.2. The third-order valence-electron chi connectivity index (χ3n) is 5.32. The van der Waals surface area contributed by atoms with E-state index >= 15 is 0 Å². The third-order valence-corrected chi connectivity index (χ3v) is 5.32. The van der Waals surface area contributed by atoms with E-state index in [1.54, 1.807) is 7.11 Å². The maximum absolute atomic E-state index is 6.06. The Morgan fingerprint density at radius 2 is 2.00 bits per heavy atom. The number of methoxy groups -OCH3 is 1. The highest BCUT2D eigenvalue weighted by Crippen LogP contribution is 2.29. The Morgan fingerprint density at radius 1 is 1.17 bits per heavy atom. The lowest BCUT2D eigenvalue weighted by molar-refractivity contribution is 0.267. The Balaban J connectivity index is 1.53. The van der Waals surface area contributed by atoms with E-state index in [2.05, 4.69) is 22.1 Å². The summed E-state index contributed by atoms with van der Waals surface area (Å²) in [6.45, 7) is 6.31. The summed E-state index contributed by atoms with van der Waals surface area (Å²) in [7, 11) is 1.65. The maximum atomic E-state index is 6.06. The summed E-state index contributed by atoms with van der Waals surface area (Å²) >= 11 is 0. The second-order valence-corrected chi connectivity index (χ2v) is 7.27. The molecule has 6 heteroatoms. The topological polar surface area (TPSA) is 72.1 Å². The zero-order valence-electron chi connectivity index (χ0n) is 17.4. The molecule has 1 aliphatic rings. The number of benzene rings is 2. The van der Waals surface area contributed by atoms with Gasteiger partial charge in [0.25, 0.3) is 0 Å². The predicted molar refractivity (Wildman–Crippen MR) is 117 cm³/mol. The molecule has 2 aromatic rings. The van der Waals surface area contributed by atoms with Gasteiger partial charge < -0.3 is 20.5 Å². The molecule has 1 unspecified atom stereocenters. The van der Waals surface area contributed by atoms with E-state index in [4.69, 9.17) is 15.2 Å². The highest BCUT2D eigenvalue weighted by atomic mass is 16.5. The number of hydrogen-bond acceptors (Lipinski definition) is 4. The lowest BCUT2D eigenvalue weighted by Gasteiger charge is -2.23. The van der Waals surface area contributed by atoms with Crippen molar-refractivity contribution in [3.63, 3.8) is 0 Å². The van der Waals surface area contributed by atoms with E-state index in [9.17, 15) is 0 Å². The number of hydrogen-bond donors (Lipinski definition) is 2. The number of aliphatic imine (C=N–C) groups is 1. The normalized spacial score (nSPS) is 17.3. The van der Waals surface area contributed by atoms with Crippen LogP contribution in [0.15, 0.2) is 53.5 Å². The van der Waals surface area contributed by atoms with Crippen LogP contribution in [0.25, 0.3) is 0 Å². The molecule has 0 aliphatic carbocycles. The monoisotopic (exact) mass is 396 g/mol. The summed E-state index contributed by atoms with van der Waals surface area (Å²) in [4.78, 5) is 6.96. The standard InChI is InChI=1S/C23H32N4O2/c1-3-27-13-7-10-20(27)16-26-23(24)25-15-19-11-12-21(22(14-19)28-2)29-17-18-8-5-4-6-9-18/h4-6,8-9,11-12,14,20H,3,7,10,13,15-17H2,1-2H3,(H3,24,25,26). The summed E-state index contributed by atoms with van der Waals surface area (Å²) < 4.78 is 11.4. The molecule has 1 fully saturated rings. The molecule has 0 amide bonds. The summed E-state index contributed by atoms with van der Waals surface area (Å²) in [6, 6.07) is 16.5. The fourth-order valence-electron chi connectivity index (χ4n) is 3.66. The van der Waals surface area contributed by atoms with Crippen molar-refractivity contribution < 1.29 is 9.47 Å². The van der Waals surface area contributed by atoms with Crippen LogP contribution in [0.3, 0.4) is 0 Å². The minimum atomic E-state index is 0.483. The average molecular weight is 397 g/mol. The number of likely N-dealkylation sites (tertiary alicyclic amines) is 1. The highest BCUT2D eigenvalue weighted by Gasteiger charge is 2.22. The molecule has 1 aliphatic heterocycles. The van der Waals surface area contributed by atoms with E-state index < -0.39 is 0 Å². The van der Waals surface area contributed by atoms with Crippen molar-refractivity contribution in [2.24, 2.45) is 10.7 Å². The second kappa shape index (κ2) is 10.7. The molecule has 1 atom stereocenters. The smallest absolute Gasteiger partial charge is 0.188 e. The van der Waals surface area contributed by atoms with E-state index in [0.717, 1.165) is 30.0 Å². The molecule has 156 valence electrons. The molecule has 0 saturated carbocycles. The molecule has 0 spiro atoms. The number of guanidine groups is 1. The summed E-state index contributed by atoms with van der Waals surface area (Å²) in [5, 5.41) is 3.27. The van der Waals surface area contributed by atoms with Crippen molar-refractivity contribution in [2.45, 2.75) is 39.0 Å². The van der Waals surface area contributed by atoms with E-state index in [0.29, 0.717) is 30.9 Å². The van der Waals surface area contributed by atoms with E-state index in [1.165, 1.54) is 19.4 Å². The molecule has 0 radical (unpaired) electrons. The Labute approximate surface area is 173 Å². The number of likely N-dealkylation sites (N-methyl/N-ethyl adjacent to an activating group) is 1. The summed E-state index contributed by atoms with van der Waals surface area (Å²) in [5.41, 5.74) is 8.20. The highest BCUT2D eigenvalue weighted by molar-refractivity contribution is 5.77. The first-order valence-corrected chi connectivity index (χ1v) is 10.3. The van der Waals surface area contributed by atoms with Crippen molar-refractivity contribution in [1.82, 2.24) is 10.2 Å². The number of nitrogens with one attached hydrogen (secondary N) is 1. The molecule has 29 heavy (non-hydrogen) atoms. The van der Waals surface area contributed by atoms with Gasteiger partial charge in [-0.1, -0.05) is 43.3 Å². The second-order valence-electron chi connectivity index (χ2n) is 7.27. The molecule has 2 aromatic carbocycles. The van der Waals surface area contributed by atoms with E-state index in [-0.39, 0.29) is 0 Å². The van der Waals surface area contributed by atoms with Gasteiger partial charge in [0.05, 0.1) is 13.7 Å². The first kappa shape index (κ1) is 21.0. The van der Waals surface area contributed by atoms with Gasteiger partial charge in [0.2, 0.25) is 0 Å². The zero-order valence-corrected chi connectivity index (χ0v) is 17.4. The first-order valence-electron chi connectivity index (χ1n) is 10.3. The molecule has 6 nitrogen and oxygen atoms in total. The van der Waals surface area contributed by atoms with Gasteiger partial charge in [-0.15, -0.1) is 0 Å². The molecule has 0 aromatic heterocycles. The van der Waals surface area contributed by atoms with Crippen molar-refractivity contribution in [2.75, 3.05) is 26.7 Å². The fraction of sp³-hybridized carbons (Fsp3) is 0.435. The molecule has 1 heterocycles. The quantitative estimate of drug-likeness (QED) is 0.503. The van der Waals surface area contributed by atoms with Crippen LogP contribution in [0.1, 0.15) is 30.9 Å². The van der Waals surface area contributed by atoms with E-state index in [1.807, 2.05) is 48.5 Å². The first-order chi connectivity index (χ1) is 14.2. The lowest BCUT2D eigenvalue weighted by Crippen LogP contribution is -2.42. The Bertz CT molecular complexity index is 795. The zero-order chi connectivity index (χ0) is 20.5. The van der Waals surface area contributed by atoms with Gasteiger partial charge in [-0.05, 0) is 49.2 Å². The van der Waals surface area contributed by atoms with Crippen molar-refractivity contribution >= 4 is 5.96 Å². The molecular formula is C23H32N4O2. The van der Waals surface area contributed by atoms with Crippen LogP contribution >= 0.6 is 0 Å². The molecular weight excluding hydrogens is 364 g/mol.